The molecule has 3 rings (SSSR count). The molecule has 3 nitrogen and oxygen atoms in total. The Kier molecular flexibility index (Phi) is 3.65. The van der Waals surface area contributed by atoms with E-state index in [1.807, 2.05) is 12.1 Å². The van der Waals surface area contributed by atoms with Crippen LogP contribution in [-0.2, 0) is 6.54 Å². The summed E-state index contributed by atoms with van der Waals surface area (Å²) >= 11 is 0. The quantitative estimate of drug-likeness (QED) is 0.856. The Morgan fingerprint density at radius 3 is 2.84 bits per heavy atom. The number of hydrogen-bond acceptors (Lipinski definition) is 3. The van der Waals surface area contributed by atoms with E-state index in [1.54, 1.807) is 13.2 Å². The highest BCUT2D eigenvalue weighted by atomic mass is 16.5. The Morgan fingerprint density at radius 1 is 1.32 bits per heavy atom. The average molecular weight is 261 g/mol. The molecule has 2 aliphatic rings. The van der Waals surface area contributed by atoms with Crippen molar-refractivity contribution < 1.29 is 9.84 Å². The molecule has 0 radical (unpaired) electrons. The molecule has 2 saturated carbocycles. The SMILES string of the molecule is COc1ccc(CNCC2CC3CCC2C3)c(O)c1. The third kappa shape index (κ3) is 2.71. The third-order valence-corrected chi connectivity index (χ3v) is 4.90. The Hall–Kier alpha value is -1.22. The average Bonchev–Trinajstić information content (AvgIpc) is 3.03. The summed E-state index contributed by atoms with van der Waals surface area (Å²) in [7, 11) is 1.61. The Morgan fingerprint density at radius 2 is 2.21 bits per heavy atom. The summed E-state index contributed by atoms with van der Waals surface area (Å²) < 4.78 is 5.09. The van der Waals surface area contributed by atoms with Crippen LogP contribution in [0.15, 0.2) is 18.2 Å². The van der Waals surface area contributed by atoms with Crippen LogP contribution in [-0.4, -0.2) is 18.8 Å². The summed E-state index contributed by atoms with van der Waals surface area (Å²) in [5, 5.41) is 13.4. The first-order chi connectivity index (χ1) is 9.26. The molecule has 1 aromatic carbocycles. The number of hydrogen-bond donors (Lipinski definition) is 2. The molecule has 1 aromatic rings. The second-order valence-electron chi connectivity index (χ2n) is 6.06. The first-order valence-electron chi connectivity index (χ1n) is 7.33. The molecule has 2 aliphatic carbocycles. The summed E-state index contributed by atoms with van der Waals surface area (Å²) in [5.74, 6) is 3.85. The second-order valence-corrected chi connectivity index (χ2v) is 6.06. The lowest BCUT2D eigenvalue weighted by Gasteiger charge is -2.22. The fourth-order valence-corrected chi connectivity index (χ4v) is 3.84. The van der Waals surface area contributed by atoms with E-state index in [0.717, 1.165) is 36.4 Å². The number of ether oxygens (including phenoxy) is 1. The van der Waals surface area contributed by atoms with Crippen LogP contribution < -0.4 is 10.1 Å². The van der Waals surface area contributed by atoms with Gasteiger partial charge in [-0.15, -0.1) is 0 Å². The maximum absolute atomic E-state index is 9.90. The van der Waals surface area contributed by atoms with Crippen LogP contribution in [0.2, 0.25) is 0 Å². The van der Waals surface area contributed by atoms with Crippen LogP contribution in [0.25, 0.3) is 0 Å². The molecule has 3 heteroatoms. The molecule has 2 N–H and O–H groups in total. The van der Waals surface area contributed by atoms with Gasteiger partial charge in [-0.1, -0.05) is 12.5 Å². The molecule has 0 spiro atoms. The maximum Gasteiger partial charge on any atom is 0.123 e. The van der Waals surface area contributed by atoms with E-state index in [9.17, 15) is 5.11 Å². The van der Waals surface area contributed by atoms with Gasteiger partial charge in [0, 0.05) is 18.2 Å². The van der Waals surface area contributed by atoms with Crippen LogP contribution in [0.1, 0.15) is 31.2 Å². The van der Waals surface area contributed by atoms with Gasteiger partial charge >= 0.3 is 0 Å². The smallest absolute Gasteiger partial charge is 0.123 e. The third-order valence-electron chi connectivity index (χ3n) is 4.90. The Labute approximate surface area is 115 Å². The Balaban J connectivity index is 1.50. The zero-order valence-corrected chi connectivity index (χ0v) is 11.6. The van der Waals surface area contributed by atoms with Crippen molar-refractivity contribution in [1.82, 2.24) is 5.32 Å². The minimum absolute atomic E-state index is 0.319. The number of fused-ring (bicyclic) bond motifs is 2. The summed E-state index contributed by atoms with van der Waals surface area (Å²) in [5.41, 5.74) is 0.948. The summed E-state index contributed by atoms with van der Waals surface area (Å²) in [6.45, 7) is 1.83. The van der Waals surface area contributed by atoms with E-state index < -0.39 is 0 Å². The van der Waals surface area contributed by atoms with Crippen molar-refractivity contribution in [3.05, 3.63) is 23.8 Å². The normalized spacial score (nSPS) is 28.8. The molecule has 0 heterocycles. The minimum Gasteiger partial charge on any atom is -0.507 e. The van der Waals surface area contributed by atoms with Crippen molar-refractivity contribution in [3.8, 4) is 11.5 Å². The molecule has 0 saturated heterocycles. The van der Waals surface area contributed by atoms with Crippen LogP contribution in [0.3, 0.4) is 0 Å². The predicted octanol–water partition coefficient (Wildman–Crippen LogP) is 2.93. The van der Waals surface area contributed by atoms with Gasteiger partial charge in [0.05, 0.1) is 7.11 Å². The van der Waals surface area contributed by atoms with Gasteiger partial charge < -0.3 is 15.2 Å². The predicted molar refractivity (Wildman–Crippen MR) is 75.3 cm³/mol. The number of rotatable bonds is 5. The number of nitrogens with one attached hydrogen (secondary N) is 1. The molecular weight excluding hydrogens is 238 g/mol. The van der Waals surface area contributed by atoms with Crippen molar-refractivity contribution in [2.24, 2.45) is 17.8 Å². The summed E-state index contributed by atoms with van der Waals surface area (Å²) in [4.78, 5) is 0. The van der Waals surface area contributed by atoms with Crippen LogP contribution in [0.5, 0.6) is 11.5 Å². The van der Waals surface area contributed by atoms with Gasteiger partial charge in [0.1, 0.15) is 11.5 Å². The topological polar surface area (TPSA) is 41.5 Å². The van der Waals surface area contributed by atoms with Gasteiger partial charge in [0.25, 0.3) is 0 Å². The standard InChI is InChI=1S/C16H23NO2/c1-19-15-5-4-13(16(18)8-15)9-17-10-14-7-11-2-3-12(14)6-11/h4-5,8,11-12,14,17-18H,2-3,6-7,9-10H2,1H3. The van der Waals surface area contributed by atoms with Gasteiger partial charge in [0.2, 0.25) is 0 Å². The van der Waals surface area contributed by atoms with E-state index in [1.165, 1.54) is 25.7 Å². The molecule has 19 heavy (non-hydrogen) atoms. The van der Waals surface area contributed by atoms with Gasteiger partial charge in [0.15, 0.2) is 0 Å². The number of methoxy groups -OCH3 is 1. The van der Waals surface area contributed by atoms with Crippen molar-refractivity contribution in [2.45, 2.75) is 32.2 Å². The number of phenols is 1. The van der Waals surface area contributed by atoms with E-state index >= 15 is 0 Å². The molecule has 104 valence electrons. The largest absolute Gasteiger partial charge is 0.507 e. The molecular formula is C16H23NO2. The molecule has 2 bridgehead atoms. The number of aromatic hydroxyl groups is 1. The van der Waals surface area contributed by atoms with Gasteiger partial charge in [-0.25, -0.2) is 0 Å². The molecule has 3 atom stereocenters. The van der Waals surface area contributed by atoms with E-state index in [-0.39, 0.29) is 0 Å². The first-order valence-corrected chi connectivity index (χ1v) is 7.33. The van der Waals surface area contributed by atoms with E-state index in [2.05, 4.69) is 5.32 Å². The Bertz CT molecular complexity index is 446. The lowest BCUT2D eigenvalue weighted by Crippen LogP contribution is -2.26. The maximum atomic E-state index is 9.90. The zero-order chi connectivity index (χ0) is 13.2. The molecule has 3 unspecified atom stereocenters. The molecule has 0 amide bonds. The molecule has 0 aliphatic heterocycles. The zero-order valence-electron chi connectivity index (χ0n) is 11.6. The van der Waals surface area contributed by atoms with Gasteiger partial charge in [-0.05, 0) is 49.6 Å². The fourth-order valence-electron chi connectivity index (χ4n) is 3.84. The second kappa shape index (κ2) is 5.41. The monoisotopic (exact) mass is 261 g/mol. The fraction of sp³-hybridized carbons (Fsp3) is 0.625. The van der Waals surface area contributed by atoms with Crippen molar-refractivity contribution in [2.75, 3.05) is 13.7 Å². The highest BCUT2D eigenvalue weighted by Crippen LogP contribution is 2.47. The minimum atomic E-state index is 0.319. The van der Waals surface area contributed by atoms with Crippen LogP contribution in [0, 0.1) is 17.8 Å². The number of phenolic OH excluding ortho intramolecular Hbond substituents is 1. The first kappa shape index (κ1) is 12.8. The van der Waals surface area contributed by atoms with E-state index in [0.29, 0.717) is 11.5 Å². The van der Waals surface area contributed by atoms with Crippen molar-refractivity contribution >= 4 is 0 Å². The van der Waals surface area contributed by atoms with Gasteiger partial charge in [-0.2, -0.15) is 0 Å². The van der Waals surface area contributed by atoms with E-state index in [4.69, 9.17) is 4.74 Å². The lowest BCUT2D eigenvalue weighted by molar-refractivity contribution is 0.317. The summed E-state index contributed by atoms with van der Waals surface area (Å²) in [6.07, 6.45) is 5.76. The van der Waals surface area contributed by atoms with Crippen molar-refractivity contribution in [3.63, 3.8) is 0 Å². The van der Waals surface area contributed by atoms with Crippen LogP contribution >= 0.6 is 0 Å². The lowest BCUT2D eigenvalue weighted by atomic mass is 9.89. The highest BCUT2D eigenvalue weighted by Gasteiger charge is 2.38. The molecule has 2 fully saturated rings. The number of benzene rings is 1. The highest BCUT2D eigenvalue weighted by molar-refractivity contribution is 5.39. The van der Waals surface area contributed by atoms with Crippen molar-refractivity contribution in [1.29, 1.82) is 0 Å². The van der Waals surface area contributed by atoms with Crippen LogP contribution in [0.4, 0.5) is 0 Å². The molecule has 0 aromatic heterocycles. The van der Waals surface area contributed by atoms with Gasteiger partial charge in [-0.3, -0.25) is 0 Å². The summed E-state index contributed by atoms with van der Waals surface area (Å²) in [6, 6.07) is 5.50.